The van der Waals surface area contributed by atoms with Gasteiger partial charge in [-0.1, -0.05) is 83.9 Å². The molecule has 0 saturated heterocycles. The van der Waals surface area contributed by atoms with Gasteiger partial charge in [0.1, 0.15) is 10.7 Å². The molecule has 0 atom stereocenters. The number of imide groups is 1. The van der Waals surface area contributed by atoms with Gasteiger partial charge in [-0.05, 0) is 34.9 Å². The third-order valence-corrected chi connectivity index (χ3v) is 6.10. The molecule has 172 valence electrons. The van der Waals surface area contributed by atoms with Crippen LogP contribution in [0, 0.1) is 0 Å². The number of hydrogen-bond donors (Lipinski definition) is 2. The molecule has 34 heavy (non-hydrogen) atoms. The summed E-state index contributed by atoms with van der Waals surface area (Å²) in [5, 5.41) is 6.28. The zero-order valence-electron chi connectivity index (χ0n) is 18.1. The van der Waals surface area contributed by atoms with Crippen molar-refractivity contribution in [1.29, 1.82) is 0 Å². The van der Waals surface area contributed by atoms with Gasteiger partial charge in [0.05, 0.1) is 6.54 Å². The Labute approximate surface area is 207 Å². The van der Waals surface area contributed by atoms with Crippen molar-refractivity contribution in [3.63, 3.8) is 0 Å². The molecule has 0 aliphatic carbocycles. The molecule has 0 fully saturated rings. The highest BCUT2D eigenvalue weighted by molar-refractivity contribution is 6.47. The van der Waals surface area contributed by atoms with E-state index < -0.39 is 11.8 Å². The van der Waals surface area contributed by atoms with E-state index in [9.17, 15) is 14.4 Å². The second-order valence-corrected chi connectivity index (χ2v) is 8.48. The van der Waals surface area contributed by atoms with Crippen LogP contribution < -0.4 is 10.6 Å². The van der Waals surface area contributed by atoms with Crippen LogP contribution in [0.2, 0.25) is 5.02 Å². The van der Waals surface area contributed by atoms with Crippen molar-refractivity contribution in [2.45, 2.75) is 19.6 Å². The van der Waals surface area contributed by atoms with Crippen LogP contribution in [0.5, 0.6) is 0 Å². The molecule has 1 aliphatic heterocycles. The lowest BCUT2D eigenvalue weighted by molar-refractivity contribution is -0.138. The molecule has 0 saturated carbocycles. The lowest BCUT2D eigenvalue weighted by atomic mass is 10.1. The van der Waals surface area contributed by atoms with Crippen LogP contribution in [-0.2, 0) is 29.2 Å². The summed E-state index contributed by atoms with van der Waals surface area (Å²) < 4.78 is 0. The van der Waals surface area contributed by atoms with Crippen molar-refractivity contribution in [2.24, 2.45) is 0 Å². The number of nitrogens with one attached hydrogen (secondary N) is 2. The van der Waals surface area contributed by atoms with Crippen LogP contribution in [0.25, 0.3) is 0 Å². The van der Waals surface area contributed by atoms with Crippen molar-refractivity contribution < 1.29 is 14.4 Å². The summed E-state index contributed by atoms with van der Waals surface area (Å²) in [6.45, 7) is 0.743. The van der Waals surface area contributed by atoms with Gasteiger partial charge in [0.2, 0.25) is 0 Å². The van der Waals surface area contributed by atoms with E-state index in [4.69, 9.17) is 23.2 Å². The predicted molar refractivity (Wildman–Crippen MR) is 131 cm³/mol. The predicted octanol–water partition coefficient (Wildman–Crippen LogP) is 4.38. The van der Waals surface area contributed by atoms with Gasteiger partial charge in [-0.25, -0.2) is 0 Å². The van der Waals surface area contributed by atoms with Gasteiger partial charge in [-0.3, -0.25) is 19.3 Å². The molecule has 0 bridgehead atoms. The standard InChI is InChI=1S/C26H21Cl2N3O3/c27-21-9-5-4-8-20(21)15-30-24(32)19-12-10-17(11-13-19)14-29-23-22(28)25(33)31(26(23)34)16-18-6-2-1-3-7-18/h1-13,29H,14-16H2,(H,30,32). The molecule has 0 spiro atoms. The van der Waals surface area contributed by atoms with Crippen LogP contribution in [0.3, 0.4) is 0 Å². The Balaban J connectivity index is 1.33. The lowest BCUT2D eigenvalue weighted by Gasteiger charge is -2.15. The zero-order valence-corrected chi connectivity index (χ0v) is 19.6. The summed E-state index contributed by atoms with van der Waals surface area (Å²) in [4.78, 5) is 38.8. The van der Waals surface area contributed by atoms with E-state index >= 15 is 0 Å². The number of halogens is 2. The lowest BCUT2D eigenvalue weighted by Crippen LogP contribution is -2.33. The molecule has 0 unspecified atom stereocenters. The monoisotopic (exact) mass is 493 g/mol. The topological polar surface area (TPSA) is 78.5 Å². The van der Waals surface area contributed by atoms with Gasteiger partial charge in [-0.2, -0.15) is 0 Å². The highest BCUT2D eigenvalue weighted by Gasteiger charge is 2.37. The molecule has 1 aliphatic rings. The highest BCUT2D eigenvalue weighted by Crippen LogP contribution is 2.24. The van der Waals surface area contributed by atoms with Gasteiger partial charge < -0.3 is 10.6 Å². The number of rotatable bonds is 8. The fourth-order valence-electron chi connectivity index (χ4n) is 3.49. The minimum atomic E-state index is -0.524. The zero-order chi connectivity index (χ0) is 24.1. The van der Waals surface area contributed by atoms with E-state index in [0.29, 0.717) is 17.1 Å². The van der Waals surface area contributed by atoms with Crippen molar-refractivity contribution in [2.75, 3.05) is 0 Å². The van der Waals surface area contributed by atoms with Crippen molar-refractivity contribution in [1.82, 2.24) is 15.5 Å². The number of amides is 3. The minimum Gasteiger partial charge on any atom is -0.375 e. The molecule has 3 amide bonds. The summed E-state index contributed by atoms with van der Waals surface area (Å²) in [6, 6.07) is 23.5. The summed E-state index contributed by atoms with van der Waals surface area (Å²) in [5.41, 5.74) is 3.05. The first kappa shape index (κ1) is 23.5. The number of hydrogen-bond acceptors (Lipinski definition) is 4. The summed E-state index contributed by atoms with van der Waals surface area (Å²) in [7, 11) is 0. The van der Waals surface area contributed by atoms with Gasteiger partial charge in [0, 0.05) is 23.7 Å². The smallest absolute Gasteiger partial charge is 0.278 e. The molecule has 6 nitrogen and oxygen atoms in total. The summed E-state index contributed by atoms with van der Waals surface area (Å²) in [5.74, 6) is -1.21. The average molecular weight is 494 g/mol. The van der Waals surface area contributed by atoms with E-state index in [1.54, 1.807) is 30.3 Å². The van der Waals surface area contributed by atoms with Gasteiger partial charge in [0.25, 0.3) is 17.7 Å². The fourth-order valence-corrected chi connectivity index (χ4v) is 3.95. The molecular formula is C26H21Cl2N3O3. The second kappa shape index (κ2) is 10.5. The molecule has 8 heteroatoms. The van der Waals surface area contributed by atoms with E-state index in [2.05, 4.69) is 10.6 Å². The first-order chi connectivity index (χ1) is 16.4. The van der Waals surface area contributed by atoms with E-state index in [0.717, 1.165) is 21.6 Å². The number of carbonyl (C=O) groups excluding carboxylic acids is 3. The van der Waals surface area contributed by atoms with Crippen molar-refractivity contribution in [3.05, 3.63) is 117 Å². The summed E-state index contributed by atoms with van der Waals surface area (Å²) in [6.07, 6.45) is 0. The van der Waals surface area contributed by atoms with Gasteiger partial charge >= 0.3 is 0 Å². The molecule has 1 heterocycles. The normalized spacial score (nSPS) is 13.4. The Kier molecular flexibility index (Phi) is 7.30. The van der Waals surface area contributed by atoms with Crippen molar-refractivity contribution >= 4 is 40.9 Å². The molecule has 3 aromatic carbocycles. The largest absolute Gasteiger partial charge is 0.375 e. The van der Waals surface area contributed by atoms with Crippen LogP contribution in [0.1, 0.15) is 27.0 Å². The molecule has 4 rings (SSSR count). The number of carbonyl (C=O) groups is 3. The Hall–Kier alpha value is -3.61. The van der Waals surface area contributed by atoms with Crippen LogP contribution in [-0.4, -0.2) is 22.6 Å². The Bertz CT molecular complexity index is 1260. The SMILES string of the molecule is O=C(NCc1ccccc1Cl)c1ccc(CNC2=C(Cl)C(=O)N(Cc3ccccc3)C2=O)cc1. The van der Waals surface area contributed by atoms with Gasteiger partial charge in [0.15, 0.2) is 0 Å². The molecule has 0 aromatic heterocycles. The first-order valence-corrected chi connectivity index (χ1v) is 11.3. The Morgan fingerprint density at radius 3 is 2.15 bits per heavy atom. The minimum absolute atomic E-state index is 0.0733. The summed E-state index contributed by atoms with van der Waals surface area (Å²) >= 11 is 12.3. The molecule has 0 radical (unpaired) electrons. The highest BCUT2D eigenvalue weighted by atomic mass is 35.5. The van der Waals surface area contributed by atoms with E-state index in [1.807, 2.05) is 48.5 Å². The Morgan fingerprint density at radius 1 is 0.765 bits per heavy atom. The maximum Gasteiger partial charge on any atom is 0.278 e. The maximum absolute atomic E-state index is 12.7. The molecular weight excluding hydrogens is 473 g/mol. The quantitative estimate of drug-likeness (QED) is 0.456. The van der Waals surface area contributed by atoms with Crippen LogP contribution >= 0.6 is 23.2 Å². The van der Waals surface area contributed by atoms with Crippen LogP contribution in [0.4, 0.5) is 0 Å². The van der Waals surface area contributed by atoms with Crippen LogP contribution in [0.15, 0.2) is 89.6 Å². The molecule has 3 aromatic rings. The third kappa shape index (κ3) is 5.30. The average Bonchev–Trinajstić information content (AvgIpc) is 3.06. The third-order valence-electron chi connectivity index (χ3n) is 5.38. The van der Waals surface area contributed by atoms with E-state index in [1.165, 1.54) is 0 Å². The Morgan fingerprint density at radius 2 is 1.44 bits per heavy atom. The van der Waals surface area contributed by atoms with Crippen molar-refractivity contribution in [3.8, 4) is 0 Å². The first-order valence-electron chi connectivity index (χ1n) is 10.6. The molecule has 2 N–H and O–H groups in total. The fraction of sp³-hybridized carbons (Fsp3) is 0.115. The van der Waals surface area contributed by atoms with E-state index in [-0.39, 0.29) is 29.7 Å². The number of nitrogens with zero attached hydrogens (tertiary/aromatic N) is 1. The number of benzene rings is 3. The van der Waals surface area contributed by atoms with Gasteiger partial charge in [-0.15, -0.1) is 0 Å². The second-order valence-electron chi connectivity index (χ2n) is 7.70. The maximum atomic E-state index is 12.7.